The number of urea groups is 1. The van der Waals surface area contributed by atoms with Crippen molar-refractivity contribution in [2.75, 3.05) is 31.5 Å². The summed E-state index contributed by atoms with van der Waals surface area (Å²) in [6.07, 6.45) is 3.90. The molecule has 1 aromatic carbocycles. The molecular formula is C15H20N4OS. The Morgan fingerprint density at radius 1 is 1.29 bits per heavy atom. The third-order valence-corrected chi connectivity index (χ3v) is 4.54. The van der Waals surface area contributed by atoms with Crippen LogP contribution in [0.3, 0.4) is 0 Å². The second kappa shape index (κ2) is 6.87. The third kappa shape index (κ3) is 3.92. The SMILES string of the molecule is O=C(NCCN1CCCCC1)Nc1ccc2ncsc2c1. The van der Waals surface area contributed by atoms with Crippen LogP contribution < -0.4 is 10.6 Å². The normalized spacial score (nSPS) is 16.0. The number of hydrogen-bond donors (Lipinski definition) is 2. The average molecular weight is 304 g/mol. The zero-order valence-electron chi connectivity index (χ0n) is 12.0. The maximum absolute atomic E-state index is 11.9. The van der Waals surface area contributed by atoms with E-state index in [1.807, 2.05) is 23.7 Å². The van der Waals surface area contributed by atoms with Gasteiger partial charge in [0.1, 0.15) is 0 Å². The number of piperidine rings is 1. The average Bonchev–Trinajstić information content (AvgIpc) is 2.96. The molecule has 0 saturated carbocycles. The van der Waals surface area contributed by atoms with E-state index < -0.39 is 0 Å². The highest BCUT2D eigenvalue weighted by Gasteiger charge is 2.10. The molecule has 0 atom stereocenters. The Bertz CT molecular complexity index is 606. The summed E-state index contributed by atoms with van der Waals surface area (Å²) in [6, 6.07) is 5.62. The van der Waals surface area contributed by atoms with E-state index in [0.717, 1.165) is 35.5 Å². The van der Waals surface area contributed by atoms with Crippen molar-refractivity contribution in [2.24, 2.45) is 0 Å². The number of benzene rings is 1. The number of hydrogen-bond acceptors (Lipinski definition) is 4. The van der Waals surface area contributed by atoms with E-state index in [-0.39, 0.29) is 6.03 Å². The molecule has 3 rings (SSSR count). The summed E-state index contributed by atoms with van der Waals surface area (Å²) < 4.78 is 1.08. The van der Waals surface area contributed by atoms with E-state index in [1.165, 1.54) is 19.3 Å². The van der Waals surface area contributed by atoms with E-state index in [9.17, 15) is 4.79 Å². The fourth-order valence-corrected chi connectivity index (χ4v) is 3.34. The molecule has 2 aromatic rings. The van der Waals surface area contributed by atoms with Gasteiger partial charge in [-0.1, -0.05) is 6.42 Å². The second-order valence-corrected chi connectivity index (χ2v) is 6.20. The Balaban J connectivity index is 1.44. The van der Waals surface area contributed by atoms with Crippen LogP contribution in [0.2, 0.25) is 0 Å². The van der Waals surface area contributed by atoms with Crippen LogP contribution in [-0.2, 0) is 0 Å². The Labute approximate surface area is 128 Å². The van der Waals surface area contributed by atoms with Crippen LogP contribution in [0.5, 0.6) is 0 Å². The summed E-state index contributed by atoms with van der Waals surface area (Å²) in [5.41, 5.74) is 3.59. The number of aromatic nitrogens is 1. The van der Waals surface area contributed by atoms with Gasteiger partial charge in [0.15, 0.2) is 0 Å². The molecule has 5 nitrogen and oxygen atoms in total. The van der Waals surface area contributed by atoms with Gasteiger partial charge in [-0.3, -0.25) is 0 Å². The van der Waals surface area contributed by atoms with Gasteiger partial charge in [-0.25, -0.2) is 9.78 Å². The Morgan fingerprint density at radius 3 is 3.00 bits per heavy atom. The molecule has 0 radical (unpaired) electrons. The van der Waals surface area contributed by atoms with Crippen molar-refractivity contribution < 1.29 is 4.79 Å². The molecule has 1 saturated heterocycles. The van der Waals surface area contributed by atoms with E-state index in [1.54, 1.807) is 11.3 Å². The quantitative estimate of drug-likeness (QED) is 0.913. The summed E-state index contributed by atoms with van der Waals surface area (Å²) in [6.45, 7) is 3.94. The fourth-order valence-electron chi connectivity index (χ4n) is 2.62. The number of likely N-dealkylation sites (tertiary alicyclic amines) is 1. The van der Waals surface area contributed by atoms with Gasteiger partial charge in [-0.05, 0) is 44.1 Å². The van der Waals surface area contributed by atoms with Gasteiger partial charge >= 0.3 is 6.03 Å². The lowest BCUT2D eigenvalue weighted by Gasteiger charge is -2.26. The van der Waals surface area contributed by atoms with E-state index in [0.29, 0.717) is 6.54 Å². The molecular weight excluding hydrogens is 284 g/mol. The van der Waals surface area contributed by atoms with Gasteiger partial charge in [0.25, 0.3) is 0 Å². The lowest BCUT2D eigenvalue weighted by Crippen LogP contribution is -2.39. The molecule has 1 fully saturated rings. The van der Waals surface area contributed by atoms with Crippen molar-refractivity contribution >= 4 is 33.3 Å². The molecule has 1 aromatic heterocycles. The highest BCUT2D eigenvalue weighted by Crippen LogP contribution is 2.21. The molecule has 1 aliphatic heterocycles. The van der Waals surface area contributed by atoms with Crippen molar-refractivity contribution in [3.63, 3.8) is 0 Å². The maximum Gasteiger partial charge on any atom is 0.319 e. The van der Waals surface area contributed by atoms with Crippen LogP contribution in [0.25, 0.3) is 10.2 Å². The molecule has 2 N–H and O–H groups in total. The first kappa shape index (κ1) is 14.3. The fraction of sp³-hybridized carbons (Fsp3) is 0.467. The van der Waals surface area contributed by atoms with Crippen LogP contribution >= 0.6 is 11.3 Å². The number of nitrogens with one attached hydrogen (secondary N) is 2. The van der Waals surface area contributed by atoms with Crippen LogP contribution in [0.4, 0.5) is 10.5 Å². The molecule has 0 spiro atoms. The number of carbonyl (C=O) groups excluding carboxylic acids is 1. The highest BCUT2D eigenvalue weighted by atomic mass is 32.1. The molecule has 0 unspecified atom stereocenters. The zero-order chi connectivity index (χ0) is 14.5. The minimum atomic E-state index is -0.143. The molecule has 0 bridgehead atoms. The standard InChI is InChI=1S/C15H20N4OS/c20-15(16-6-9-19-7-2-1-3-8-19)18-12-4-5-13-14(10-12)21-11-17-13/h4-5,10-11H,1-3,6-9H2,(H2,16,18,20). The molecule has 0 aliphatic carbocycles. The molecule has 6 heteroatoms. The number of carbonyl (C=O) groups is 1. The van der Waals surface area contributed by atoms with Gasteiger partial charge in [0.2, 0.25) is 0 Å². The largest absolute Gasteiger partial charge is 0.337 e. The number of anilines is 1. The number of thiazole rings is 1. The van der Waals surface area contributed by atoms with Crippen LogP contribution in [0.15, 0.2) is 23.7 Å². The van der Waals surface area contributed by atoms with Crippen LogP contribution in [0, 0.1) is 0 Å². The predicted octanol–water partition coefficient (Wildman–Crippen LogP) is 2.90. The first-order valence-corrected chi connectivity index (χ1v) is 8.30. The summed E-state index contributed by atoms with van der Waals surface area (Å²) in [5.74, 6) is 0. The van der Waals surface area contributed by atoms with Gasteiger partial charge < -0.3 is 15.5 Å². The minimum Gasteiger partial charge on any atom is -0.337 e. The van der Waals surface area contributed by atoms with Gasteiger partial charge in [-0.2, -0.15) is 0 Å². The molecule has 1 aliphatic rings. The van der Waals surface area contributed by atoms with Crippen LogP contribution in [-0.4, -0.2) is 42.1 Å². The van der Waals surface area contributed by atoms with Crippen molar-refractivity contribution in [2.45, 2.75) is 19.3 Å². The first-order chi connectivity index (χ1) is 10.3. The van der Waals surface area contributed by atoms with Gasteiger partial charge in [-0.15, -0.1) is 11.3 Å². The predicted molar refractivity (Wildman–Crippen MR) is 86.9 cm³/mol. The van der Waals surface area contributed by atoms with Crippen molar-refractivity contribution in [3.05, 3.63) is 23.7 Å². The Kier molecular flexibility index (Phi) is 4.67. The molecule has 2 heterocycles. The first-order valence-electron chi connectivity index (χ1n) is 7.42. The van der Waals surface area contributed by atoms with E-state index in [4.69, 9.17) is 0 Å². The Morgan fingerprint density at radius 2 is 2.14 bits per heavy atom. The van der Waals surface area contributed by atoms with Crippen molar-refractivity contribution in [1.29, 1.82) is 0 Å². The molecule has 21 heavy (non-hydrogen) atoms. The van der Waals surface area contributed by atoms with Gasteiger partial charge in [0.05, 0.1) is 15.7 Å². The summed E-state index contributed by atoms with van der Waals surface area (Å²) >= 11 is 1.58. The lowest BCUT2D eigenvalue weighted by atomic mass is 10.1. The van der Waals surface area contributed by atoms with Crippen molar-refractivity contribution in [1.82, 2.24) is 15.2 Å². The van der Waals surface area contributed by atoms with Crippen LogP contribution in [0.1, 0.15) is 19.3 Å². The monoisotopic (exact) mass is 304 g/mol. The van der Waals surface area contributed by atoms with Gasteiger partial charge in [0, 0.05) is 18.8 Å². The second-order valence-electron chi connectivity index (χ2n) is 5.32. The zero-order valence-corrected chi connectivity index (χ0v) is 12.8. The summed E-state index contributed by atoms with van der Waals surface area (Å²) in [7, 11) is 0. The number of amides is 2. The summed E-state index contributed by atoms with van der Waals surface area (Å²) in [5, 5.41) is 5.79. The lowest BCUT2D eigenvalue weighted by molar-refractivity contribution is 0.224. The van der Waals surface area contributed by atoms with E-state index >= 15 is 0 Å². The minimum absolute atomic E-state index is 0.143. The number of rotatable bonds is 4. The smallest absolute Gasteiger partial charge is 0.319 e. The van der Waals surface area contributed by atoms with Crippen molar-refractivity contribution in [3.8, 4) is 0 Å². The third-order valence-electron chi connectivity index (χ3n) is 3.75. The van der Waals surface area contributed by atoms with E-state index in [2.05, 4.69) is 20.5 Å². The number of fused-ring (bicyclic) bond motifs is 1. The Hall–Kier alpha value is -1.66. The highest BCUT2D eigenvalue weighted by molar-refractivity contribution is 7.16. The topological polar surface area (TPSA) is 57.3 Å². The molecule has 2 amide bonds. The maximum atomic E-state index is 11.9. The number of nitrogens with zero attached hydrogens (tertiary/aromatic N) is 2. The summed E-state index contributed by atoms with van der Waals surface area (Å²) in [4.78, 5) is 18.5. The molecule has 112 valence electrons.